The van der Waals surface area contributed by atoms with Crippen LogP contribution in [-0.2, 0) is 16.1 Å². The molecule has 1 aromatic heterocycles. The molecule has 6 nitrogen and oxygen atoms in total. The number of aromatic nitrogens is 1. The van der Waals surface area contributed by atoms with E-state index in [4.69, 9.17) is 15.2 Å². The Morgan fingerprint density at radius 3 is 2.53 bits per heavy atom. The van der Waals surface area contributed by atoms with E-state index in [2.05, 4.69) is 0 Å². The van der Waals surface area contributed by atoms with Crippen molar-refractivity contribution in [1.29, 1.82) is 0 Å². The summed E-state index contributed by atoms with van der Waals surface area (Å²) in [5.74, 6) is -2.37. The number of ether oxygens (including phenoxy) is 2. The van der Waals surface area contributed by atoms with Gasteiger partial charge in [0.25, 0.3) is 5.56 Å². The molecular weight excluding hydrogens is 411 g/mol. The zero-order valence-electron chi connectivity index (χ0n) is 17.8. The lowest BCUT2D eigenvalue weighted by Gasteiger charge is -2.29. The molecule has 3 aromatic rings. The van der Waals surface area contributed by atoms with Crippen LogP contribution in [0.5, 0.6) is 5.75 Å². The Bertz CT molecular complexity index is 1260. The Morgan fingerprint density at radius 2 is 1.84 bits per heavy atom. The van der Waals surface area contributed by atoms with Crippen molar-refractivity contribution >= 4 is 5.97 Å². The molecule has 7 heteroatoms. The normalized spacial score (nSPS) is 15.2. The smallest absolute Gasteiger partial charge is 0.340 e. The summed E-state index contributed by atoms with van der Waals surface area (Å²) >= 11 is 0. The molecule has 0 fully saturated rings. The van der Waals surface area contributed by atoms with Gasteiger partial charge < -0.3 is 19.8 Å². The Hall–Kier alpha value is -3.87. The number of nitrogens with zero attached hydrogens (tertiary/aromatic N) is 1. The zero-order valence-corrected chi connectivity index (χ0v) is 17.8. The maximum Gasteiger partial charge on any atom is 0.340 e. The van der Waals surface area contributed by atoms with Crippen molar-refractivity contribution in [3.63, 3.8) is 0 Å². The standard InChI is InChI=1S/C25H23FN2O4/c1-3-31-25(30)22-20(17-11-7-8-12-18(17)26)21-19(32-23(22)27)13-15(2)28(24(21)29)14-16-9-5-4-6-10-16/h4-13,20H,3,14,27H2,1-2H3. The Kier molecular flexibility index (Phi) is 5.81. The van der Waals surface area contributed by atoms with Gasteiger partial charge in [0, 0.05) is 17.3 Å². The quantitative estimate of drug-likeness (QED) is 0.621. The highest BCUT2D eigenvalue weighted by molar-refractivity contribution is 5.92. The largest absolute Gasteiger partial charge is 0.462 e. The van der Waals surface area contributed by atoms with Gasteiger partial charge in [-0.05, 0) is 25.5 Å². The van der Waals surface area contributed by atoms with Crippen LogP contribution in [0.15, 0.2) is 76.9 Å². The highest BCUT2D eigenvalue weighted by atomic mass is 19.1. The van der Waals surface area contributed by atoms with Crippen LogP contribution < -0.4 is 16.0 Å². The van der Waals surface area contributed by atoms with Gasteiger partial charge in [-0.2, -0.15) is 0 Å². The zero-order chi connectivity index (χ0) is 22.8. The van der Waals surface area contributed by atoms with Crippen molar-refractivity contribution in [1.82, 2.24) is 4.57 Å². The molecule has 0 spiro atoms. The van der Waals surface area contributed by atoms with Gasteiger partial charge in [0.15, 0.2) is 0 Å². The minimum absolute atomic E-state index is 0.0864. The Labute approximate surface area is 184 Å². The number of hydrogen-bond donors (Lipinski definition) is 1. The second-order valence-electron chi connectivity index (χ2n) is 7.50. The lowest BCUT2D eigenvalue weighted by atomic mass is 9.83. The second kappa shape index (κ2) is 8.70. The van der Waals surface area contributed by atoms with E-state index in [0.717, 1.165) is 5.56 Å². The molecule has 2 heterocycles. The lowest BCUT2D eigenvalue weighted by molar-refractivity contribution is -0.139. The molecule has 32 heavy (non-hydrogen) atoms. The van der Waals surface area contributed by atoms with Crippen molar-refractivity contribution in [3.8, 4) is 5.75 Å². The van der Waals surface area contributed by atoms with Gasteiger partial charge in [-0.15, -0.1) is 0 Å². The molecule has 1 aliphatic rings. The molecule has 1 unspecified atom stereocenters. The molecule has 164 valence electrons. The molecule has 2 N–H and O–H groups in total. The Balaban J connectivity index is 1.96. The number of esters is 1. The number of fused-ring (bicyclic) bond motifs is 1. The van der Waals surface area contributed by atoms with Crippen LogP contribution in [0.2, 0.25) is 0 Å². The average Bonchev–Trinajstić information content (AvgIpc) is 2.77. The number of aryl methyl sites for hydroxylation is 1. The third kappa shape index (κ3) is 3.77. The van der Waals surface area contributed by atoms with E-state index >= 15 is 0 Å². The summed E-state index contributed by atoms with van der Waals surface area (Å²) in [6.45, 7) is 3.85. The maximum absolute atomic E-state index is 14.9. The molecule has 0 aliphatic carbocycles. The number of benzene rings is 2. The van der Waals surface area contributed by atoms with Crippen molar-refractivity contribution in [2.45, 2.75) is 26.3 Å². The summed E-state index contributed by atoms with van der Waals surface area (Å²) in [5, 5.41) is 0. The molecule has 0 radical (unpaired) electrons. The fourth-order valence-electron chi connectivity index (χ4n) is 3.98. The molecule has 2 aromatic carbocycles. The van der Waals surface area contributed by atoms with E-state index < -0.39 is 17.7 Å². The molecule has 0 saturated carbocycles. The fourth-order valence-corrected chi connectivity index (χ4v) is 3.98. The second-order valence-corrected chi connectivity index (χ2v) is 7.50. The van der Waals surface area contributed by atoms with Crippen LogP contribution in [0.1, 0.15) is 35.2 Å². The first-order chi connectivity index (χ1) is 15.4. The number of pyridine rings is 1. The minimum Gasteiger partial charge on any atom is -0.462 e. The van der Waals surface area contributed by atoms with Gasteiger partial charge in [-0.3, -0.25) is 4.79 Å². The predicted molar refractivity (Wildman–Crippen MR) is 118 cm³/mol. The summed E-state index contributed by atoms with van der Waals surface area (Å²) in [5.41, 5.74) is 7.49. The monoisotopic (exact) mass is 434 g/mol. The highest BCUT2D eigenvalue weighted by Gasteiger charge is 2.39. The van der Waals surface area contributed by atoms with E-state index in [1.54, 1.807) is 36.6 Å². The molecule has 0 saturated heterocycles. The van der Waals surface area contributed by atoms with E-state index in [-0.39, 0.29) is 40.5 Å². The van der Waals surface area contributed by atoms with E-state index in [1.807, 2.05) is 30.3 Å². The van der Waals surface area contributed by atoms with Gasteiger partial charge in [0.1, 0.15) is 17.1 Å². The summed E-state index contributed by atoms with van der Waals surface area (Å²) < 4.78 is 27.3. The SMILES string of the molecule is CCOC(=O)C1=C(N)Oc2cc(C)n(Cc3ccccc3)c(=O)c2C1c1ccccc1F. The van der Waals surface area contributed by atoms with Crippen LogP contribution in [0, 0.1) is 12.7 Å². The van der Waals surface area contributed by atoms with Crippen LogP contribution in [0.3, 0.4) is 0 Å². The molecule has 4 rings (SSSR count). The minimum atomic E-state index is -1.06. The first kappa shape index (κ1) is 21.4. The fraction of sp³-hybridized carbons (Fsp3) is 0.200. The average molecular weight is 434 g/mol. The number of nitrogens with two attached hydrogens (primary N) is 1. The topological polar surface area (TPSA) is 83.5 Å². The van der Waals surface area contributed by atoms with Gasteiger partial charge in [0.05, 0.1) is 24.6 Å². The molecule has 1 aliphatic heterocycles. The molecular formula is C25H23FN2O4. The highest BCUT2D eigenvalue weighted by Crippen LogP contribution is 2.42. The van der Waals surface area contributed by atoms with Crippen molar-refractivity contribution in [2.24, 2.45) is 5.73 Å². The van der Waals surface area contributed by atoms with E-state index in [0.29, 0.717) is 12.2 Å². The van der Waals surface area contributed by atoms with Crippen molar-refractivity contribution < 1.29 is 18.7 Å². The van der Waals surface area contributed by atoms with Gasteiger partial charge in [-0.25, -0.2) is 9.18 Å². The number of carbonyl (C=O) groups is 1. The number of rotatable bonds is 5. The molecule has 0 amide bonds. The van der Waals surface area contributed by atoms with Crippen molar-refractivity contribution in [2.75, 3.05) is 6.61 Å². The third-order valence-electron chi connectivity index (χ3n) is 5.46. The summed E-state index contributed by atoms with van der Waals surface area (Å²) in [6, 6.07) is 17.2. The van der Waals surface area contributed by atoms with E-state index in [9.17, 15) is 14.0 Å². The molecule has 1 atom stereocenters. The first-order valence-electron chi connectivity index (χ1n) is 10.3. The Morgan fingerprint density at radius 1 is 1.16 bits per heavy atom. The third-order valence-corrected chi connectivity index (χ3v) is 5.46. The van der Waals surface area contributed by atoms with Crippen LogP contribution in [-0.4, -0.2) is 17.1 Å². The lowest BCUT2D eigenvalue weighted by Crippen LogP contribution is -2.35. The first-order valence-corrected chi connectivity index (χ1v) is 10.3. The van der Waals surface area contributed by atoms with Gasteiger partial charge in [0.2, 0.25) is 5.88 Å². The van der Waals surface area contributed by atoms with Crippen LogP contribution in [0.25, 0.3) is 0 Å². The number of hydrogen-bond acceptors (Lipinski definition) is 5. The van der Waals surface area contributed by atoms with Gasteiger partial charge in [-0.1, -0.05) is 48.5 Å². The van der Waals surface area contributed by atoms with Crippen LogP contribution in [0.4, 0.5) is 4.39 Å². The summed E-state index contributed by atoms with van der Waals surface area (Å²) in [4.78, 5) is 26.5. The summed E-state index contributed by atoms with van der Waals surface area (Å²) in [6.07, 6.45) is 0. The number of halogens is 1. The predicted octanol–water partition coefficient (Wildman–Crippen LogP) is 3.60. The number of carbonyl (C=O) groups excluding carboxylic acids is 1. The van der Waals surface area contributed by atoms with Crippen molar-refractivity contribution in [3.05, 3.63) is 111 Å². The molecule has 0 bridgehead atoms. The summed E-state index contributed by atoms with van der Waals surface area (Å²) in [7, 11) is 0. The van der Waals surface area contributed by atoms with Crippen LogP contribution >= 0.6 is 0 Å². The van der Waals surface area contributed by atoms with E-state index in [1.165, 1.54) is 12.1 Å². The van der Waals surface area contributed by atoms with Gasteiger partial charge >= 0.3 is 5.97 Å². The maximum atomic E-state index is 14.9.